The van der Waals surface area contributed by atoms with Crippen molar-refractivity contribution in [2.45, 2.75) is 90.6 Å². The van der Waals surface area contributed by atoms with Gasteiger partial charge in [0.05, 0.1) is 12.7 Å². The summed E-state index contributed by atoms with van der Waals surface area (Å²) >= 11 is 0. The summed E-state index contributed by atoms with van der Waals surface area (Å²) in [5.41, 5.74) is 0. The van der Waals surface area contributed by atoms with E-state index in [4.69, 9.17) is 4.74 Å². The second-order valence-electron chi connectivity index (χ2n) is 6.55. The van der Waals surface area contributed by atoms with Gasteiger partial charge in [0.1, 0.15) is 0 Å². The molecule has 0 saturated carbocycles. The van der Waals surface area contributed by atoms with E-state index < -0.39 is 0 Å². The maximum Gasteiger partial charge on any atom is 0.0615 e. The van der Waals surface area contributed by atoms with Crippen molar-refractivity contribution >= 4 is 0 Å². The van der Waals surface area contributed by atoms with E-state index in [1.54, 1.807) is 0 Å². The van der Waals surface area contributed by atoms with Crippen molar-refractivity contribution in [1.82, 2.24) is 0 Å². The summed E-state index contributed by atoms with van der Waals surface area (Å²) in [5, 5.41) is 10.3. The molecular weight excluding hydrogens is 248 g/mol. The molecule has 0 aromatic heterocycles. The minimum absolute atomic E-state index is 0.119. The first-order valence-electron chi connectivity index (χ1n) is 9.05. The van der Waals surface area contributed by atoms with Gasteiger partial charge >= 0.3 is 0 Å². The lowest BCUT2D eigenvalue weighted by atomic mass is 9.79. The SMILES string of the molecule is CCCCCCCC(CCCCC)C1COCC[C@@H]1O. The Morgan fingerprint density at radius 3 is 2.20 bits per heavy atom. The van der Waals surface area contributed by atoms with E-state index in [-0.39, 0.29) is 6.10 Å². The number of hydrogen-bond donors (Lipinski definition) is 1. The highest BCUT2D eigenvalue weighted by molar-refractivity contribution is 4.79. The summed E-state index contributed by atoms with van der Waals surface area (Å²) in [6, 6.07) is 0. The van der Waals surface area contributed by atoms with Gasteiger partial charge in [-0.1, -0.05) is 78.1 Å². The van der Waals surface area contributed by atoms with Gasteiger partial charge in [-0.3, -0.25) is 0 Å². The van der Waals surface area contributed by atoms with E-state index in [1.807, 2.05) is 0 Å². The number of rotatable bonds is 11. The summed E-state index contributed by atoms with van der Waals surface area (Å²) in [6.07, 6.45) is 14.0. The van der Waals surface area contributed by atoms with Crippen LogP contribution in [0.15, 0.2) is 0 Å². The zero-order valence-electron chi connectivity index (χ0n) is 13.8. The van der Waals surface area contributed by atoms with E-state index in [1.165, 1.54) is 64.2 Å². The van der Waals surface area contributed by atoms with Crippen molar-refractivity contribution in [2.24, 2.45) is 11.8 Å². The van der Waals surface area contributed by atoms with Gasteiger partial charge in [0.15, 0.2) is 0 Å². The normalized spacial score (nSPS) is 24.8. The largest absolute Gasteiger partial charge is 0.393 e. The van der Waals surface area contributed by atoms with E-state index in [9.17, 15) is 5.11 Å². The predicted molar refractivity (Wildman–Crippen MR) is 85.9 cm³/mol. The van der Waals surface area contributed by atoms with Crippen molar-refractivity contribution in [3.05, 3.63) is 0 Å². The highest BCUT2D eigenvalue weighted by Crippen LogP contribution is 2.31. The fourth-order valence-electron chi connectivity index (χ4n) is 3.44. The van der Waals surface area contributed by atoms with E-state index in [0.717, 1.165) is 19.6 Å². The lowest BCUT2D eigenvalue weighted by Crippen LogP contribution is -2.37. The number of unbranched alkanes of at least 4 members (excludes halogenated alkanes) is 6. The van der Waals surface area contributed by atoms with Crippen LogP contribution < -0.4 is 0 Å². The number of aliphatic hydroxyl groups excluding tert-OH is 1. The van der Waals surface area contributed by atoms with Crippen LogP contribution in [0, 0.1) is 11.8 Å². The Labute approximate surface area is 126 Å². The third kappa shape index (κ3) is 7.08. The van der Waals surface area contributed by atoms with Gasteiger partial charge in [-0.15, -0.1) is 0 Å². The third-order valence-electron chi connectivity index (χ3n) is 4.82. The lowest BCUT2D eigenvalue weighted by molar-refractivity contribution is -0.0610. The van der Waals surface area contributed by atoms with E-state index in [2.05, 4.69) is 13.8 Å². The van der Waals surface area contributed by atoms with Crippen LogP contribution in [0.5, 0.6) is 0 Å². The average molecular weight is 284 g/mol. The first-order valence-corrected chi connectivity index (χ1v) is 9.05. The van der Waals surface area contributed by atoms with Crippen LogP contribution >= 0.6 is 0 Å². The molecule has 2 unspecified atom stereocenters. The molecule has 0 spiro atoms. The predicted octanol–water partition coefficient (Wildman–Crippen LogP) is 4.94. The molecule has 1 aliphatic rings. The summed E-state index contributed by atoms with van der Waals surface area (Å²) < 4.78 is 5.62. The van der Waals surface area contributed by atoms with Crippen molar-refractivity contribution in [2.75, 3.05) is 13.2 Å². The van der Waals surface area contributed by atoms with Gasteiger partial charge < -0.3 is 9.84 Å². The molecular formula is C18H36O2. The third-order valence-corrected chi connectivity index (χ3v) is 4.82. The highest BCUT2D eigenvalue weighted by Gasteiger charge is 2.30. The van der Waals surface area contributed by atoms with Gasteiger partial charge in [0.2, 0.25) is 0 Å². The first kappa shape index (κ1) is 18.0. The fraction of sp³-hybridized carbons (Fsp3) is 1.00. The number of ether oxygens (including phenoxy) is 1. The Bertz CT molecular complexity index is 217. The molecule has 120 valence electrons. The summed E-state index contributed by atoms with van der Waals surface area (Å²) in [5.74, 6) is 1.07. The molecule has 1 heterocycles. The van der Waals surface area contributed by atoms with Crippen molar-refractivity contribution in [3.8, 4) is 0 Å². The molecule has 1 fully saturated rings. The van der Waals surface area contributed by atoms with Crippen LogP contribution in [0.25, 0.3) is 0 Å². The minimum Gasteiger partial charge on any atom is -0.393 e. The standard InChI is InChI=1S/C18H36O2/c1-3-5-7-8-10-12-16(11-9-6-4-2)17-15-20-14-13-18(17)19/h16-19H,3-15H2,1-2H3/t16?,17?,18-/m0/s1. The fourth-order valence-corrected chi connectivity index (χ4v) is 3.44. The molecule has 0 aromatic carbocycles. The Hall–Kier alpha value is -0.0800. The molecule has 1 saturated heterocycles. The Balaban J connectivity index is 2.33. The number of aliphatic hydroxyl groups is 1. The molecule has 0 amide bonds. The zero-order valence-corrected chi connectivity index (χ0v) is 13.8. The number of hydrogen-bond acceptors (Lipinski definition) is 2. The van der Waals surface area contributed by atoms with Gasteiger partial charge in [-0.25, -0.2) is 0 Å². The molecule has 0 bridgehead atoms. The van der Waals surface area contributed by atoms with Crippen molar-refractivity contribution in [1.29, 1.82) is 0 Å². The van der Waals surface area contributed by atoms with Gasteiger partial charge in [-0.2, -0.15) is 0 Å². The molecule has 1 aliphatic heterocycles. The van der Waals surface area contributed by atoms with E-state index >= 15 is 0 Å². The molecule has 20 heavy (non-hydrogen) atoms. The molecule has 1 rings (SSSR count). The maximum absolute atomic E-state index is 10.3. The van der Waals surface area contributed by atoms with Crippen LogP contribution in [0.3, 0.4) is 0 Å². The Kier molecular flexibility index (Phi) is 10.4. The molecule has 1 N–H and O–H groups in total. The lowest BCUT2D eigenvalue weighted by Gasteiger charge is -2.34. The molecule has 0 aromatic rings. The van der Waals surface area contributed by atoms with Crippen LogP contribution in [-0.2, 0) is 4.74 Å². The van der Waals surface area contributed by atoms with Gasteiger partial charge in [0, 0.05) is 12.5 Å². The van der Waals surface area contributed by atoms with Crippen molar-refractivity contribution in [3.63, 3.8) is 0 Å². The molecule has 2 heteroatoms. The second-order valence-corrected chi connectivity index (χ2v) is 6.55. The van der Waals surface area contributed by atoms with Crippen LogP contribution in [0.4, 0.5) is 0 Å². The first-order chi connectivity index (χ1) is 9.79. The van der Waals surface area contributed by atoms with Crippen LogP contribution in [0.1, 0.15) is 84.5 Å². The molecule has 2 nitrogen and oxygen atoms in total. The summed E-state index contributed by atoms with van der Waals surface area (Å²) in [4.78, 5) is 0. The molecule has 3 atom stereocenters. The molecule has 0 radical (unpaired) electrons. The van der Waals surface area contributed by atoms with Crippen molar-refractivity contribution < 1.29 is 9.84 Å². The highest BCUT2D eigenvalue weighted by atomic mass is 16.5. The van der Waals surface area contributed by atoms with E-state index in [0.29, 0.717) is 11.8 Å². The van der Waals surface area contributed by atoms with Gasteiger partial charge in [0.25, 0.3) is 0 Å². The van der Waals surface area contributed by atoms with Crippen LogP contribution in [-0.4, -0.2) is 24.4 Å². The average Bonchev–Trinajstić information content (AvgIpc) is 2.46. The topological polar surface area (TPSA) is 29.5 Å². The quantitative estimate of drug-likeness (QED) is 0.544. The monoisotopic (exact) mass is 284 g/mol. The maximum atomic E-state index is 10.3. The minimum atomic E-state index is -0.119. The zero-order chi connectivity index (χ0) is 14.6. The summed E-state index contributed by atoms with van der Waals surface area (Å²) in [6.45, 7) is 6.06. The Morgan fingerprint density at radius 1 is 0.950 bits per heavy atom. The smallest absolute Gasteiger partial charge is 0.0615 e. The summed E-state index contributed by atoms with van der Waals surface area (Å²) in [7, 11) is 0. The molecule has 0 aliphatic carbocycles. The van der Waals surface area contributed by atoms with Gasteiger partial charge in [-0.05, 0) is 12.3 Å². The Morgan fingerprint density at radius 2 is 1.55 bits per heavy atom. The van der Waals surface area contributed by atoms with Crippen LogP contribution in [0.2, 0.25) is 0 Å². The second kappa shape index (κ2) is 11.6.